The molecule has 0 amide bonds. The van der Waals surface area contributed by atoms with Crippen LogP contribution < -0.4 is 4.74 Å². The lowest BCUT2D eigenvalue weighted by Crippen LogP contribution is -2.12. The molecule has 1 aromatic carbocycles. The minimum absolute atomic E-state index is 0.127. The van der Waals surface area contributed by atoms with E-state index in [0.29, 0.717) is 29.4 Å². The maximum Gasteiger partial charge on any atom is 0.418 e. The summed E-state index contributed by atoms with van der Waals surface area (Å²) in [6, 6.07) is 6.93. The predicted molar refractivity (Wildman–Crippen MR) is 89.6 cm³/mol. The molecule has 0 spiro atoms. The Hall–Kier alpha value is -2.30. The molecule has 1 heterocycles. The second kappa shape index (κ2) is 8.36. The number of carbonyl (C=O) groups is 2. The van der Waals surface area contributed by atoms with Crippen molar-refractivity contribution in [2.45, 2.75) is 45.4 Å². The molecule has 0 aliphatic carbocycles. The number of benzene rings is 1. The number of unbranched alkanes of at least 4 members (excludes halogenated alkanes) is 5. The van der Waals surface area contributed by atoms with E-state index >= 15 is 0 Å². The molecule has 0 saturated carbocycles. The highest BCUT2D eigenvalue weighted by Crippen LogP contribution is 2.31. The summed E-state index contributed by atoms with van der Waals surface area (Å²) in [6.45, 7) is 2.59. The van der Waals surface area contributed by atoms with Gasteiger partial charge >= 0.3 is 6.09 Å². The Morgan fingerprint density at radius 3 is 2.57 bits per heavy atom. The molecule has 0 aliphatic rings. The van der Waals surface area contributed by atoms with E-state index in [-0.39, 0.29) is 5.88 Å². The minimum Gasteiger partial charge on any atom is -0.478 e. The van der Waals surface area contributed by atoms with Gasteiger partial charge in [0, 0.05) is 5.39 Å². The van der Waals surface area contributed by atoms with E-state index in [4.69, 9.17) is 4.74 Å². The van der Waals surface area contributed by atoms with Crippen molar-refractivity contribution in [2.24, 2.45) is 0 Å². The van der Waals surface area contributed by atoms with Crippen molar-refractivity contribution in [1.82, 2.24) is 4.57 Å². The molecule has 0 bridgehead atoms. The Bertz CT molecular complexity index is 675. The minimum atomic E-state index is -1.15. The molecule has 5 heteroatoms. The van der Waals surface area contributed by atoms with E-state index in [9.17, 15) is 14.7 Å². The van der Waals surface area contributed by atoms with E-state index in [2.05, 4.69) is 6.92 Å². The zero-order valence-electron chi connectivity index (χ0n) is 13.5. The number of carbonyl (C=O) groups excluding carboxylic acids is 1. The third-order valence-electron chi connectivity index (χ3n) is 3.91. The Labute approximate surface area is 135 Å². The molecule has 124 valence electrons. The first-order valence-electron chi connectivity index (χ1n) is 8.15. The number of nitrogens with zero attached hydrogens (tertiary/aromatic N) is 1. The lowest BCUT2D eigenvalue weighted by atomic mass is 10.1. The van der Waals surface area contributed by atoms with E-state index < -0.39 is 6.09 Å². The van der Waals surface area contributed by atoms with Crippen LogP contribution >= 0.6 is 0 Å². The maximum absolute atomic E-state index is 11.5. The summed E-state index contributed by atoms with van der Waals surface area (Å²) >= 11 is 0. The van der Waals surface area contributed by atoms with Gasteiger partial charge in [-0.25, -0.2) is 9.36 Å². The molecule has 0 aliphatic heterocycles. The highest BCUT2D eigenvalue weighted by molar-refractivity contribution is 6.04. The SMILES string of the molecule is CCCCCCCCOc1c(C=O)c2ccccc2n1C(=O)O. The van der Waals surface area contributed by atoms with Crippen LogP contribution in [0.3, 0.4) is 0 Å². The molecule has 0 radical (unpaired) electrons. The van der Waals surface area contributed by atoms with Gasteiger partial charge in [0.25, 0.3) is 0 Å². The summed E-state index contributed by atoms with van der Waals surface area (Å²) in [4.78, 5) is 22.9. The van der Waals surface area contributed by atoms with Gasteiger partial charge in [-0.05, 0) is 12.5 Å². The van der Waals surface area contributed by atoms with Gasteiger partial charge in [-0.1, -0.05) is 57.2 Å². The Morgan fingerprint density at radius 2 is 1.87 bits per heavy atom. The van der Waals surface area contributed by atoms with Crippen LogP contribution in [0, 0.1) is 0 Å². The number of hydrogen-bond donors (Lipinski definition) is 1. The first-order chi connectivity index (χ1) is 11.2. The average molecular weight is 317 g/mol. The third kappa shape index (κ3) is 3.92. The summed E-state index contributed by atoms with van der Waals surface area (Å²) in [7, 11) is 0. The molecule has 0 atom stereocenters. The van der Waals surface area contributed by atoms with E-state index in [1.807, 2.05) is 0 Å². The fourth-order valence-corrected chi connectivity index (χ4v) is 2.74. The number of rotatable bonds is 9. The average Bonchev–Trinajstić information content (AvgIpc) is 2.87. The largest absolute Gasteiger partial charge is 0.478 e. The van der Waals surface area contributed by atoms with Crippen molar-refractivity contribution in [2.75, 3.05) is 6.61 Å². The molecule has 5 nitrogen and oxygen atoms in total. The molecule has 2 rings (SSSR count). The number of ether oxygens (including phenoxy) is 1. The van der Waals surface area contributed by atoms with Crippen molar-refractivity contribution in [1.29, 1.82) is 0 Å². The summed E-state index contributed by atoms with van der Waals surface area (Å²) < 4.78 is 6.71. The van der Waals surface area contributed by atoms with Crippen molar-refractivity contribution in [3.05, 3.63) is 29.8 Å². The highest BCUT2D eigenvalue weighted by atomic mass is 16.5. The second-order valence-electron chi connectivity index (χ2n) is 5.59. The number of aldehydes is 1. The smallest absolute Gasteiger partial charge is 0.418 e. The Morgan fingerprint density at radius 1 is 1.17 bits per heavy atom. The van der Waals surface area contributed by atoms with Gasteiger partial charge in [0.05, 0.1) is 17.7 Å². The molecule has 0 saturated heterocycles. The molecule has 0 unspecified atom stereocenters. The first kappa shape index (κ1) is 17.1. The summed E-state index contributed by atoms with van der Waals surface area (Å²) in [5.41, 5.74) is 0.772. The molecule has 0 fully saturated rings. The van der Waals surface area contributed by atoms with E-state index in [0.717, 1.165) is 23.8 Å². The molecule has 23 heavy (non-hydrogen) atoms. The monoisotopic (exact) mass is 317 g/mol. The number of carboxylic acid groups (broad SMARTS) is 1. The van der Waals surface area contributed by atoms with E-state index in [1.54, 1.807) is 24.3 Å². The van der Waals surface area contributed by atoms with Crippen LogP contribution in [-0.2, 0) is 0 Å². The van der Waals surface area contributed by atoms with Crippen LogP contribution in [0.2, 0.25) is 0 Å². The maximum atomic E-state index is 11.5. The fourth-order valence-electron chi connectivity index (χ4n) is 2.74. The lowest BCUT2D eigenvalue weighted by Gasteiger charge is -2.08. The van der Waals surface area contributed by atoms with Crippen LogP contribution in [0.25, 0.3) is 10.9 Å². The first-order valence-corrected chi connectivity index (χ1v) is 8.15. The lowest BCUT2D eigenvalue weighted by molar-refractivity contribution is 0.112. The van der Waals surface area contributed by atoms with E-state index in [1.165, 1.54) is 19.3 Å². The molecule has 1 N–H and O–H groups in total. The number of fused-ring (bicyclic) bond motifs is 1. The standard InChI is InChI=1S/C18H23NO4/c1-2-3-4-5-6-9-12-23-17-15(13-20)14-10-7-8-11-16(14)19(17)18(21)22/h7-8,10-11,13H,2-6,9,12H2,1H3,(H,21,22). The third-order valence-corrected chi connectivity index (χ3v) is 3.91. The van der Waals surface area contributed by atoms with Gasteiger partial charge < -0.3 is 9.84 Å². The summed E-state index contributed by atoms with van der Waals surface area (Å²) in [6.07, 6.45) is 6.23. The zero-order valence-corrected chi connectivity index (χ0v) is 13.5. The van der Waals surface area contributed by atoms with Crippen molar-refractivity contribution < 1.29 is 19.4 Å². The van der Waals surface area contributed by atoms with Crippen LogP contribution in [0.4, 0.5) is 4.79 Å². The predicted octanol–water partition coefficient (Wildman–Crippen LogP) is 4.72. The van der Waals surface area contributed by atoms with Crippen LogP contribution in [0.15, 0.2) is 24.3 Å². The van der Waals surface area contributed by atoms with Crippen LogP contribution in [0.5, 0.6) is 5.88 Å². The second-order valence-corrected chi connectivity index (χ2v) is 5.59. The van der Waals surface area contributed by atoms with Gasteiger partial charge in [-0.15, -0.1) is 0 Å². The van der Waals surface area contributed by atoms with Gasteiger partial charge in [0.15, 0.2) is 6.29 Å². The fraction of sp³-hybridized carbons (Fsp3) is 0.444. The van der Waals surface area contributed by atoms with Gasteiger partial charge in [-0.3, -0.25) is 4.79 Å². The zero-order chi connectivity index (χ0) is 16.7. The highest BCUT2D eigenvalue weighted by Gasteiger charge is 2.21. The van der Waals surface area contributed by atoms with Gasteiger partial charge in [-0.2, -0.15) is 0 Å². The van der Waals surface area contributed by atoms with Gasteiger partial charge in [0.2, 0.25) is 5.88 Å². The Balaban J connectivity index is 2.11. The molecular formula is C18H23NO4. The number of aromatic nitrogens is 1. The summed E-state index contributed by atoms with van der Waals surface area (Å²) in [5.74, 6) is 0.127. The number of para-hydroxylation sites is 1. The number of hydrogen-bond acceptors (Lipinski definition) is 3. The Kier molecular flexibility index (Phi) is 6.20. The van der Waals surface area contributed by atoms with Gasteiger partial charge in [0.1, 0.15) is 0 Å². The molecular weight excluding hydrogens is 294 g/mol. The quantitative estimate of drug-likeness (QED) is 0.537. The van der Waals surface area contributed by atoms with Crippen LogP contribution in [-0.4, -0.2) is 28.7 Å². The van der Waals surface area contributed by atoms with Crippen molar-refractivity contribution >= 4 is 23.3 Å². The van der Waals surface area contributed by atoms with Crippen LogP contribution in [0.1, 0.15) is 55.8 Å². The van der Waals surface area contributed by atoms with Crippen molar-refractivity contribution in [3.63, 3.8) is 0 Å². The molecule has 1 aromatic heterocycles. The topological polar surface area (TPSA) is 68.5 Å². The normalized spacial score (nSPS) is 10.8. The molecule has 2 aromatic rings. The summed E-state index contributed by atoms with van der Waals surface area (Å²) in [5, 5.41) is 10.0. The van der Waals surface area contributed by atoms with Crippen molar-refractivity contribution in [3.8, 4) is 5.88 Å².